The molecule has 3 aliphatic heterocycles. The number of amides is 2. The molecular weight excluding hydrogens is 492 g/mol. The van der Waals surface area contributed by atoms with Crippen molar-refractivity contribution in [3.05, 3.63) is 35.9 Å². The molecule has 180 valence electrons. The molecule has 0 saturated carbocycles. The van der Waals surface area contributed by atoms with Gasteiger partial charge in [-0.25, -0.2) is 0 Å². The minimum absolute atomic E-state index is 0.184. The molecule has 33 heavy (non-hydrogen) atoms. The van der Waals surface area contributed by atoms with Crippen LogP contribution in [0.2, 0.25) is 0 Å². The normalized spacial score (nSPS) is 33.7. The number of esters is 1. The Bertz CT molecular complexity index is 935. The van der Waals surface area contributed by atoms with Gasteiger partial charge in [0.1, 0.15) is 11.6 Å². The van der Waals surface area contributed by atoms with Gasteiger partial charge in [0.25, 0.3) is 0 Å². The molecule has 7 atom stereocenters. The van der Waals surface area contributed by atoms with Gasteiger partial charge >= 0.3 is 5.97 Å². The zero-order valence-electron chi connectivity index (χ0n) is 19.3. The van der Waals surface area contributed by atoms with Gasteiger partial charge in [0.2, 0.25) is 11.8 Å². The highest BCUT2D eigenvalue weighted by atomic mass is 79.9. The highest BCUT2D eigenvalue weighted by molar-refractivity contribution is 9.09. The maximum absolute atomic E-state index is 14.0. The number of ether oxygens (including phenoxy) is 2. The highest BCUT2D eigenvalue weighted by Gasteiger charge is 2.77. The van der Waals surface area contributed by atoms with Crippen LogP contribution in [0.4, 0.5) is 0 Å². The van der Waals surface area contributed by atoms with E-state index in [0.717, 1.165) is 0 Å². The van der Waals surface area contributed by atoms with Crippen molar-refractivity contribution in [3.63, 3.8) is 0 Å². The fraction of sp³-hybridized carbons (Fsp3) is 0.625. The van der Waals surface area contributed by atoms with Crippen molar-refractivity contribution >= 4 is 33.7 Å². The first kappa shape index (κ1) is 24.2. The zero-order chi connectivity index (χ0) is 24.1. The number of fused-ring (bicyclic) bond motifs is 1. The molecule has 9 heteroatoms. The van der Waals surface area contributed by atoms with Gasteiger partial charge < -0.3 is 24.8 Å². The van der Waals surface area contributed by atoms with E-state index < -0.39 is 47.1 Å². The van der Waals surface area contributed by atoms with Crippen LogP contribution in [-0.2, 0) is 23.9 Å². The highest BCUT2D eigenvalue weighted by Crippen LogP contribution is 2.61. The summed E-state index contributed by atoms with van der Waals surface area (Å²) in [6.45, 7) is 7.12. The average molecular weight is 523 g/mol. The van der Waals surface area contributed by atoms with E-state index in [4.69, 9.17) is 9.47 Å². The lowest BCUT2D eigenvalue weighted by Gasteiger charge is -2.38. The van der Waals surface area contributed by atoms with Gasteiger partial charge in [-0.2, -0.15) is 0 Å². The topological polar surface area (TPSA) is 105 Å². The molecule has 0 aromatic heterocycles. The van der Waals surface area contributed by atoms with Gasteiger partial charge in [0.15, 0.2) is 0 Å². The van der Waals surface area contributed by atoms with Gasteiger partial charge in [-0.1, -0.05) is 46.3 Å². The average Bonchev–Trinajstić information content (AvgIpc) is 3.32. The first-order chi connectivity index (χ1) is 15.6. The monoisotopic (exact) mass is 522 g/mol. The van der Waals surface area contributed by atoms with Crippen LogP contribution in [0, 0.1) is 11.8 Å². The number of carbonyl (C=O) groups excluding carboxylic acids is 3. The number of hydrogen-bond donors (Lipinski definition) is 2. The van der Waals surface area contributed by atoms with Gasteiger partial charge in [-0.3, -0.25) is 14.4 Å². The van der Waals surface area contributed by atoms with E-state index in [1.807, 2.05) is 51.1 Å². The van der Waals surface area contributed by atoms with Crippen molar-refractivity contribution in [2.45, 2.75) is 68.3 Å². The number of aliphatic hydroxyl groups is 1. The Morgan fingerprint density at radius 1 is 1.33 bits per heavy atom. The van der Waals surface area contributed by atoms with E-state index in [1.165, 1.54) is 4.90 Å². The van der Waals surface area contributed by atoms with Crippen molar-refractivity contribution in [1.29, 1.82) is 0 Å². The Balaban J connectivity index is 1.83. The van der Waals surface area contributed by atoms with Crippen LogP contribution < -0.4 is 5.32 Å². The van der Waals surface area contributed by atoms with Gasteiger partial charge in [-0.05, 0) is 39.7 Å². The third-order valence-corrected chi connectivity index (χ3v) is 7.57. The fourth-order valence-corrected chi connectivity index (χ4v) is 6.62. The van der Waals surface area contributed by atoms with E-state index in [9.17, 15) is 19.5 Å². The molecule has 3 fully saturated rings. The third kappa shape index (κ3) is 3.88. The van der Waals surface area contributed by atoms with Gasteiger partial charge in [0.05, 0.1) is 37.2 Å². The van der Waals surface area contributed by atoms with Crippen molar-refractivity contribution in [1.82, 2.24) is 10.2 Å². The summed E-state index contributed by atoms with van der Waals surface area (Å²) < 4.78 is 11.7. The number of aliphatic hydroxyl groups excluding tert-OH is 1. The van der Waals surface area contributed by atoms with E-state index in [2.05, 4.69) is 21.2 Å². The first-order valence-corrected chi connectivity index (χ1v) is 12.3. The summed E-state index contributed by atoms with van der Waals surface area (Å²) in [7, 11) is 0. The molecule has 3 heterocycles. The Morgan fingerprint density at radius 2 is 2.00 bits per heavy atom. The molecule has 0 aliphatic carbocycles. The molecule has 1 aromatic carbocycles. The number of nitrogens with one attached hydrogen (secondary N) is 1. The Labute approximate surface area is 202 Å². The molecule has 1 aromatic rings. The van der Waals surface area contributed by atoms with E-state index in [-0.39, 0.29) is 29.9 Å². The van der Waals surface area contributed by atoms with Gasteiger partial charge in [0, 0.05) is 10.4 Å². The number of halogens is 1. The predicted octanol–water partition coefficient (Wildman–Crippen LogP) is 1.95. The van der Waals surface area contributed by atoms with E-state index in [1.54, 1.807) is 6.92 Å². The molecule has 4 rings (SSSR count). The number of hydrogen-bond acceptors (Lipinski definition) is 6. The second kappa shape index (κ2) is 8.67. The van der Waals surface area contributed by atoms with Crippen molar-refractivity contribution in [3.8, 4) is 0 Å². The number of nitrogens with zero attached hydrogens (tertiary/aromatic N) is 1. The van der Waals surface area contributed by atoms with Crippen molar-refractivity contribution in [2.75, 3.05) is 13.2 Å². The molecule has 8 nitrogen and oxygen atoms in total. The molecule has 3 aliphatic rings. The molecule has 2 amide bonds. The molecule has 0 radical (unpaired) electrons. The second-order valence-corrected chi connectivity index (χ2v) is 11.2. The van der Waals surface area contributed by atoms with E-state index in [0.29, 0.717) is 12.0 Å². The molecule has 2 N–H and O–H groups in total. The maximum Gasteiger partial charge on any atom is 0.312 e. The summed E-state index contributed by atoms with van der Waals surface area (Å²) in [5.41, 5.74) is -1.03. The molecule has 1 unspecified atom stereocenters. The zero-order valence-corrected chi connectivity index (χ0v) is 20.9. The molecular formula is C24H31BrN2O6. The number of carbonyl (C=O) groups is 3. The summed E-state index contributed by atoms with van der Waals surface area (Å²) in [6, 6.07) is 7.35. The minimum Gasteiger partial charge on any atom is -0.466 e. The lowest BCUT2D eigenvalue weighted by atomic mass is 9.70. The molecule has 2 bridgehead atoms. The van der Waals surface area contributed by atoms with Crippen LogP contribution >= 0.6 is 15.9 Å². The summed E-state index contributed by atoms with van der Waals surface area (Å²) >= 11 is 3.62. The van der Waals surface area contributed by atoms with Crippen LogP contribution in [0.3, 0.4) is 0 Å². The third-order valence-electron chi connectivity index (χ3n) is 6.73. The molecule has 3 saturated heterocycles. The van der Waals surface area contributed by atoms with Crippen molar-refractivity contribution < 1.29 is 29.0 Å². The van der Waals surface area contributed by atoms with Crippen molar-refractivity contribution in [2.24, 2.45) is 11.8 Å². The number of benzene rings is 1. The van der Waals surface area contributed by atoms with Crippen LogP contribution in [-0.4, -0.2) is 69.1 Å². The SMILES string of the molecule is CCOC(=O)[C@H]1[C@@H]2O[C@@]3(CC2Br)[C@@H]1C(=O)N([C@H](CO)c1ccccc1)[C@@H]3C(=O)NC(C)(C)C. The molecule has 1 spiro atoms. The quantitative estimate of drug-likeness (QED) is 0.437. The lowest BCUT2D eigenvalue weighted by molar-refractivity contribution is -0.155. The second-order valence-electron chi connectivity index (χ2n) is 10.0. The summed E-state index contributed by atoms with van der Waals surface area (Å²) in [5, 5.41) is 13.4. The minimum atomic E-state index is -1.19. The maximum atomic E-state index is 14.0. The summed E-state index contributed by atoms with van der Waals surface area (Å²) in [6.07, 6.45) is -0.162. The lowest BCUT2D eigenvalue weighted by Crippen LogP contribution is -2.59. The Morgan fingerprint density at radius 3 is 2.58 bits per heavy atom. The number of rotatable bonds is 6. The first-order valence-electron chi connectivity index (χ1n) is 11.3. The van der Waals surface area contributed by atoms with E-state index >= 15 is 0 Å². The smallest absolute Gasteiger partial charge is 0.312 e. The number of likely N-dealkylation sites (tertiary alicyclic amines) is 1. The Hall–Kier alpha value is -1.97. The van der Waals surface area contributed by atoms with Crippen LogP contribution in [0.5, 0.6) is 0 Å². The van der Waals surface area contributed by atoms with Crippen LogP contribution in [0.15, 0.2) is 30.3 Å². The summed E-state index contributed by atoms with van der Waals surface area (Å²) in [5.74, 6) is -2.90. The van der Waals surface area contributed by atoms with Crippen LogP contribution in [0.1, 0.15) is 45.7 Å². The predicted molar refractivity (Wildman–Crippen MR) is 123 cm³/mol. The van der Waals surface area contributed by atoms with Crippen LogP contribution in [0.25, 0.3) is 0 Å². The fourth-order valence-electron chi connectivity index (χ4n) is 5.68. The van der Waals surface area contributed by atoms with Gasteiger partial charge in [-0.15, -0.1) is 0 Å². The summed E-state index contributed by atoms with van der Waals surface area (Å²) in [4.78, 5) is 41.9. The number of alkyl halides is 1. The Kier molecular flexibility index (Phi) is 6.35. The standard InChI is InChI=1S/C24H31BrN2O6/c1-5-32-22(31)16-17-21(30)27(15(12-28)13-9-7-6-8-10-13)19(20(29)26-23(2,3)4)24(17)11-14(25)18(16)33-24/h6-10,14-19,28H,5,11-12H2,1-4H3,(H,26,29)/t14?,15-,16-,17+,18-,19-,24+/m1/s1. The largest absolute Gasteiger partial charge is 0.466 e.